The molecule has 0 N–H and O–H groups in total. The van der Waals surface area contributed by atoms with Gasteiger partial charge in [0.1, 0.15) is 6.10 Å². The van der Waals surface area contributed by atoms with Crippen LogP contribution in [-0.4, -0.2) is 23.1 Å². The van der Waals surface area contributed by atoms with Crippen molar-refractivity contribution >= 4 is 21.8 Å². The lowest BCUT2D eigenvalue weighted by molar-refractivity contribution is -0.167. The number of hydrogen-bond donors (Lipinski definition) is 0. The summed E-state index contributed by atoms with van der Waals surface area (Å²) < 4.78 is 15.7. The Bertz CT molecular complexity index is 1280. The fraction of sp³-hybridized carbons (Fsp3) is 0.200. The first-order valence-corrected chi connectivity index (χ1v) is 11.7. The first kappa shape index (κ1) is 20.2. The van der Waals surface area contributed by atoms with Gasteiger partial charge < -0.3 is 14.0 Å². The number of para-hydroxylation sites is 2. The van der Waals surface area contributed by atoms with Crippen molar-refractivity contribution in [2.24, 2.45) is 0 Å². The van der Waals surface area contributed by atoms with Crippen LogP contribution >= 0.6 is 0 Å². The van der Waals surface area contributed by atoms with Crippen LogP contribution in [-0.2, 0) is 28.9 Å². The molecule has 0 aliphatic carbocycles. The normalized spacial score (nSPS) is 17.6. The van der Waals surface area contributed by atoms with Gasteiger partial charge in [0.15, 0.2) is 5.79 Å². The Kier molecular flexibility index (Phi) is 5.21. The highest BCUT2D eigenvalue weighted by molar-refractivity contribution is 6.07. The molecule has 0 bridgehead atoms. The Labute approximate surface area is 194 Å². The smallest absolute Gasteiger partial charge is 0.176 e. The average Bonchev–Trinajstić information content (AvgIpc) is 3.40. The molecule has 3 heteroatoms. The molecular weight excluding hydrogens is 406 g/mol. The summed E-state index contributed by atoms with van der Waals surface area (Å²) in [6, 6.07) is 38.3. The molecule has 0 amide bonds. The van der Waals surface area contributed by atoms with E-state index in [4.69, 9.17) is 9.47 Å². The first-order valence-electron chi connectivity index (χ1n) is 11.7. The van der Waals surface area contributed by atoms with Gasteiger partial charge in [0.25, 0.3) is 0 Å². The molecule has 1 aliphatic heterocycles. The van der Waals surface area contributed by atoms with Crippen molar-refractivity contribution in [1.29, 1.82) is 0 Å². The summed E-state index contributed by atoms with van der Waals surface area (Å²) in [4.78, 5) is 0. The molecular formula is C30H27NO2. The van der Waals surface area contributed by atoms with E-state index in [0.29, 0.717) is 6.61 Å². The maximum absolute atomic E-state index is 6.79. The summed E-state index contributed by atoms with van der Waals surface area (Å²) >= 11 is 0. The molecule has 6 rings (SSSR count). The predicted octanol–water partition coefficient (Wildman–Crippen LogP) is 6.39. The highest BCUT2D eigenvalue weighted by Crippen LogP contribution is 2.34. The molecule has 33 heavy (non-hydrogen) atoms. The van der Waals surface area contributed by atoms with Gasteiger partial charge in [0.2, 0.25) is 0 Å². The number of ether oxygens (including phenoxy) is 2. The third-order valence-electron chi connectivity index (χ3n) is 6.61. The minimum Gasteiger partial charge on any atom is -0.346 e. The van der Waals surface area contributed by atoms with E-state index in [0.717, 1.165) is 19.4 Å². The van der Waals surface area contributed by atoms with Crippen molar-refractivity contribution in [1.82, 2.24) is 4.57 Å². The molecule has 1 aromatic heterocycles. The van der Waals surface area contributed by atoms with Gasteiger partial charge in [-0.2, -0.15) is 0 Å². The second-order valence-electron chi connectivity index (χ2n) is 8.93. The molecule has 3 nitrogen and oxygen atoms in total. The van der Waals surface area contributed by atoms with Crippen molar-refractivity contribution in [3.63, 3.8) is 0 Å². The Morgan fingerprint density at radius 1 is 0.636 bits per heavy atom. The van der Waals surface area contributed by atoms with Crippen LogP contribution in [0.3, 0.4) is 0 Å². The van der Waals surface area contributed by atoms with Gasteiger partial charge in [-0.25, -0.2) is 0 Å². The zero-order chi connectivity index (χ0) is 22.1. The monoisotopic (exact) mass is 433 g/mol. The van der Waals surface area contributed by atoms with E-state index >= 15 is 0 Å². The van der Waals surface area contributed by atoms with E-state index in [1.54, 1.807) is 0 Å². The summed E-state index contributed by atoms with van der Waals surface area (Å²) in [5.74, 6) is -0.661. The van der Waals surface area contributed by atoms with Gasteiger partial charge in [0.05, 0.1) is 13.2 Å². The van der Waals surface area contributed by atoms with Gasteiger partial charge in [-0.3, -0.25) is 0 Å². The van der Waals surface area contributed by atoms with Crippen molar-refractivity contribution in [2.75, 3.05) is 6.61 Å². The second-order valence-corrected chi connectivity index (χ2v) is 8.93. The van der Waals surface area contributed by atoms with Crippen molar-refractivity contribution in [2.45, 2.75) is 31.3 Å². The molecule has 2 heterocycles. The Balaban J connectivity index is 1.32. The van der Waals surface area contributed by atoms with Gasteiger partial charge in [0, 0.05) is 34.6 Å². The lowest BCUT2D eigenvalue weighted by Crippen LogP contribution is -2.37. The van der Waals surface area contributed by atoms with Gasteiger partial charge in [-0.05, 0) is 23.3 Å². The molecule has 1 fully saturated rings. The van der Waals surface area contributed by atoms with Crippen LogP contribution in [0.1, 0.15) is 11.1 Å². The van der Waals surface area contributed by atoms with Crippen LogP contribution in [0.25, 0.3) is 21.8 Å². The number of benzene rings is 4. The van der Waals surface area contributed by atoms with Crippen LogP contribution in [0.4, 0.5) is 0 Å². The average molecular weight is 434 g/mol. The summed E-state index contributed by atoms with van der Waals surface area (Å²) in [5.41, 5.74) is 4.94. The molecule has 1 atom stereocenters. The lowest BCUT2D eigenvalue weighted by atomic mass is 9.98. The van der Waals surface area contributed by atoms with E-state index < -0.39 is 5.79 Å². The lowest BCUT2D eigenvalue weighted by Gasteiger charge is -2.29. The van der Waals surface area contributed by atoms with Gasteiger partial charge in [-0.1, -0.05) is 97.1 Å². The molecule has 4 aromatic carbocycles. The fourth-order valence-corrected chi connectivity index (χ4v) is 5.17. The summed E-state index contributed by atoms with van der Waals surface area (Å²) in [5, 5.41) is 2.57. The minimum atomic E-state index is -0.661. The molecule has 0 unspecified atom stereocenters. The van der Waals surface area contributed by atoms with Crippen molar-refractivity contribution in [3.8, 4) is 0 Å². The van der Waals surface area contributed by atoms with Crippen LogP contribution in [0, 0.1) is 0 Å². The van der Waals surface area contributed by atoms with E-state index in [2.05, 4.69) is 114 Å². The highest BCUT2D eigenvalue weighted by Gasteiger charge is 2.42. The quantitative estimate of drug-likeness (QED) is 0.310. The molecule has 0 radical (unpaired) electrons. The van der Waals surface area contributed by atoms with Crippen LogP contribution in [0.15, 0.2) is 109 Å². The zero-order valence-electron chi connectivity index (χ0n) is 18.6. The molecule has 1 aliphatic rings. The first-order chi connectivity index (χ1) is 16.3. The molecule has 164 valence electrons. The van der Waals surface area contributed by atoms with E-state index in [1.807, 2.05) is 0 Å². The topological polar surface area (TPSA) is 23.4 Å². The summed E-state index contributed by atoms with van der Waals surface area (Å²) in [6.07, 6.45) is 1.44. The standard InChI is InChI=1S/C30H27NO2/c1-3-11-23(12-4-1)19-30(20-24-13-5-2-6-14-24)32-22-25(33-30)21-31-28-17-9-7-15-26(28)27-16-8-10-18-29(27)31/h1-18,25H,19-22H2/t25-/m0/s1. The van der Waals surface area contributed by atoms with Crippen LogP contribution < -0.4 is 0 Å². The van der Waals surface area contributed by atoms with Gasteiger partial charge in [-0.15, -0.1) is 0 Å². The SMILES string of the molecule is c1ccc(CC2(Cc3ccccc3)OC[C@H](Cn3c4ccccc4c4ccccc43)O2)cc1. The molecule has 5 aromatic rings. The number of fused-ring (bicyclic) bond motifs is 3. The molecule has 0 spiro atoms. The Morgan fingerprint density at radius 2 is 1.12 bits per heavy atom. The van der Waals surface area contributed by atoms with E-state index in [-0.39, 0.29) is 6.10 Å². The summed E-state index contributed by atoms with van der Waals surface area (Å²) in [7, 11) is 0. The zero-order valence-corrected chi connectivity index (χ0v) is 18.6. The van der Waals surface area contributed by atoms with E-state index in [9.17, 15) is 0 Å². The van der Waals surface area contributed by atoms with E-state index in [1.165, 1.54) is 32.9 Å². The number of aromatic nitrogens is 1. The number of rotatable bonds is 6. The number of hydrogen-bond acceptors (Lipinski definition) is 2. The predicted molar refractivity (Wildman–Crippen MR) is 133 cm³/mol. The minimum absolute atomic E-state index is 0.0170. The second kappa shape index (κ2) is 8.51. The van der Waals surface area contributed by atoms with Crippen LogP contribution in [0.2, 0.25) is 0 Å². The largest absolute Gasteiger partial charge is 0.346 e. The van der Waals surface area contributed by atoms with Gasteiger partial charge >= 0.3 is 0 Å². The maximum atomic E-state index is 6.79. The van der Waals surface area contributed by atoms with Crippen molar-refractivity contribution in [3.05, 3.63) is 120 Å². The van der Waals surface area contributed by atoms with Crippen molar-refractivity contribution < 1.29 is 9.47 Å². The molecule has 0 saturated carbocycles. The number of nitrogens with zero attached hydrogens (tertiary/aromatic N) is 1. The molecule has 1 saturated heterocycles. The third kappa shape index (κ3) is 3.95. The Hall–Kier alpha value is -3.40. The highest BCUT2D eigenvalue weighted by atomic mass is 16.7. The van der Waals surface area contributed by atoms with Crippen LogP contribution in [0.5, 0.6) is 0 Å². The Morgan fingerprint density at radius 3 is 1.67 bits per heavy atom. The third-order valence-corrected chi connectivity index (χ3v) is 6.61. The summed E-state index contributed by atoms with van der Waals surface area (Å²) in [6.45, 7) is 1.35. The fourth-order valence-electron chi connectivity index (χ4n) is 5.17. The maximum Gasteiger partial charge on any atom is 0.176 e.